The van der Waals surface area contributed by atoms with Gasteiger partial charge in [0.25, 0.3) is 0 Å². The van der Waals surface area contributed by atoms with E-state index in [1.54, 1.807) is 0 Å². The van der Waals surface area contributed by atoms with Crippen molar-refractivity contribution in [2.24, 2.45) is 0 Å². The highest BCUT2D eigenvalue weighted by Crippen LogP contribution is 2.30. The molecule has 0 spiro atoms. The van der Waals surface area contributed by atoms with E-state index in [2.05, 4.69) is 48.0 Å². The number of fused-ring (bicyclic) bond motifs is 1. The summed E-state index contributed by atoms with van der Waals surface area (Å²) in [4.78, 5) is 0. The summed E-state index contributed by atoms with van der Waals surface area (Å²) in [6.07, 6.45) is 2.82. The van der Waals surface area contributed by atoms with Gasteiger partial charge in [-0.15, -0.1) is 0 Å². The number of halogens is 1. The highest BCUT2D eigenvalue weighted by molar-refractivity contribution is 9.10. The fraction of sp³-hybridized carbons (Fsp3) is 0.500. The van der Waals surface area contributed by atoms with Crippen molar-refractivity contribution in [2.45, 2.75) is 38.9 Å². The molecule has 1 nitrogen and oxygen atoms in total. The third-order valence-electron chi connectivity index (χ3n) is 2.56. The van der Waals surface area contributed by atoms with Crippen molar-refractivity contribution < 1.29 is 4.74 Å². The number of hydrogen-bond acceptors (Lipinski definition) is 1. The van der Waals surface area contributed by atoms with Gasteiger partial charge in [-0.2, -0.15) is 0 Å². The van der Waals surface area contributed by atoms with Gasteiger partial charge >= 0.3 is 0 Å². The second-order valence-corrected chi connectivity index (χ2v) is 4.95. The van der Waals surface area contributed by atoms with Crippen molar-refractivity contribution in [2.75, 3.05) is 0 Å². The van der Waals surface area contributed by atoms with Gasteiger partial charge in [0, 0.05) is 10.9 Å². The maximum Gasteiger partial charge on any atom is 0.0659 e. The SMILES string of the molecule is CC(C)O[C@@H]1Cc2cccc(Br)c2C1. The highest BCUT2D eigenvalue weighted by Gasteiger charge is 2.24. The topological polar surface area (TPSA) is 9.23 Å². The van der Waals surface area contributed by atoms with E-state index < -0.39 is 0 Å². The normalized spacial score (nSPS) is 20.1. The molecule has 0 N–H and O–H groups in total. The molecule has 1 aliphatic carbocycles. The lowest BCUT2D eigenvalue weighted by molar-refractivity contribution is 0.0145. The molecule has 0 aliphatic heterocycles. The molecule has 0 radical (unpaired) electrons. The summed E-state index contributed by atoms with van der Waals surface area (Å²) in [7, 11) is 0. The zero-order valence-electron chi connectivity index (χ0n) is 8.59. The first-order chi connectivity index (χ1) is 6.66. The van der Waals surface area contributed by atoms with Gasteiger partial charge in [-0.25, -0.2) is 0 Å². The van der Waals surface area contributed by atoms with Crippen LogP contribution in [0.25, 0.3) is 0 Å². The lowest BCUT2D eigenvalue weighted by atomic mass is 10.1. The van der Waals surface area contributed by atoms with Gasteiger partial charge in [0.15, 0.2) is 0 Å². The Balaban J connectivity index is 2.14. The zero-order valence-corrected chi connectivity index (χ0v) is 10.2. The first kappa shape index (κ1) is 10.2. The molecule has 0 fully saturated rings. The van der Waals surface area contributed by atoms with Crippen molar-refractivity contribution >= 4 is 15.9 Å². The molecular weight excluding hydrogens is 240 g/mol. The molecule has 0 bridgehead atoms. The zero-order chi connectivity index (χ0) is 10.1. The largest absolute Gasteiger partial charge is 0.375 e. The molecule has 2 rings (SSSR count). The van der Waals surface area contributed by atoms with Crippen molar-refractivity contribution in [3.05, 3.63) is 33.8 Å². The first-order valence-corrected chi connectivity index (χ1v) is 5.88. The molecule has 1 aromatic carbocycles. The minimum absolute atomic E-state index is 0.327. The van der Waals surface area contributed by atoms with Crippen LogP contribution < -0.4 is 0 Å². The molecule has 2 heteroatoms. The Bertz CT molecular complexity index is 333. The van der Waals surface area contributed by atoms with E-state index >= 15 is 0 Å². The van der Waals surface area contributed by atoms with Crippen LogP contribution in [0.3, 0.4) is 0 Å². The molecule has 0 unspecified atom stereocenters. The number of hydrogen-bond donors (Lipinski definition) is 0. The molecule has 1 aromatic rings. The summed E-state index contributed by atoms with van der Waals surface area (Å²) in [6, 6.07) is 6.40. The summed E-state index contributed by atoms with van der Waals surface area (Å²) >= 11 is 3.59. The van der Waals surface area contributed by atoms with Crippen LogP contribution in [0.15, 0.2) is 22.7 Å². The third kappa shape index (κ3) is 2.01. The Hall–Kier alpha value is -0.340. The molecule has 0 amide bonds. The van der Waals surface area contributed by atoms with Crippen LogP contribution in [0.4, 0.5) is 0 Å². The fourth-order valence-electron chi connectivity index (χ4n) is 2.05. The Morgan fingerprint density at radius 2 is 2.14 bits per heavy atom. The van der Waals surface area contributed by atoms with Gasteiger partial charge in [-0.3, -0.25) is 0 Å². The van der Waals surface area contributed by atoms with Crippen LogP contribution >= 0.6 is 15.9 Å². The Kier molecular flexibility index (Phi) is 2.93. The monoisotopic (exact) mass is 254 g/mol. The van der Waals surface area contributed by atoms with Gasteiger partial charge in [0.1, 0.15) is 0 Å². The van der Waals surface area contributed by atoms with Gasteiger partial charge in [0.2, 0.25) is 0 Å². The highest BCUT2D eigenvalue weighted by atomic mass is 79.9. The maximum absolute atomic E-state index is 5.83. The summed E-state index contributed by atoms with van der Waals surface area (Å²) in [5, 5.41) is 0. The number of benzene rings is 1. The molecule has 0 saturated carbocycles. The van der Waals surface area contributed by atoms with Crippen LogP contribution in [0.1, 0.15) is 25.0 Å². The minimum Gasteiger partial charge on any atom is -0.375 e. The predicted octanol–water partition coefficient (Wildman–Crippen LogP) is 3.34. The molecule has 76 valence electrons. The standard InChI is InChI=1S/C12H15BrO/c1-8(2)14-10-6-9-4-3-5-12(13)11(9)7-10/h3-5,8,10H,6-7H2,1-2H3/t10-/m1/s1. The smallest absolute Gasteiger partial charge is 0.0659 e. The van der Waals surface area contributed by atoms with E-state index in [9.17, 15) is 0 Å². The summed E-state index contributed by atoms with van der Waals surface area (Å²) in [5.41, 5.74) is 2.86. The van der Waals surface area contributed by atoms with Crippen molar-refractivity contribution in [1.29, 1.82) is 0 Å². The first-order valence-electron chi connectivity index (χ1n) is 5.08. The molecule has 1 atom stereocenters. The summed E-state index contributed by atoms with van der Waals surface area (Å²) in [6.45, 7) is 4.19. The number of rotatable bonds is 2. The molecule has 0 aromatic heterocycles. The second-order valence-electron chi connectivity index (χ2n) is 4.09. The van der Waals surface area contributed by atoms with Crippen molar-refractivity contribution in [1.82, 2.24) is 0 Å². The van der Waals surface area contributed by atoms with Crippen molar-refractivity contribution in [3.8, 4) is 0 Å². The Morgan fingerprint density at radius 1 is 1.36 bits per heavy atom. The van der Waals surface area contributed by atoms with E-state index in [-0.39, 0.29) is 0 Å². The van der Waals surface area contributed by atoms with Crippen LogP contribution in [0.2, 0.25) is 0 Å². The van der Waals surface area contributed by atoms with Crippen LogP contribution in [-0.4, -0.2) is 12.2 Å². The predicted molar refractivity (Wildman–Crippen MR) is 61.6 cm³/mol. The third-order valence-corrected chi connectivity index (χ3v) is 3.30. The van der Waals surface area contributed by atoms with E-state index in [0.717, 1.165) is 12.8 Å². The fourth-order valence-corrected chi connectivity index (χ4v) is 2.62. The minimum atomic E-state index is 0.327. The van der Waals surface area contributed by atoms with Crippen LogP contribution in [0.5, 0.6) is 0 Å². The molecule has 1 aliphatic rings. The Morgan fingerprint density at radius 3 is 2.79 bits per heavy atom. The van der Waals surface area contributed by atoms with E-state index in [0.29, 0.717) is 12.2 Å². The van der Waals surface area contributed by atoms with Gasteiger partial charge in [-0.05, 0) is 37.5 Å². The average Bonchev–Trinajstić information content (AvgIpc) is 2.47. The average molecular weight is 255 g/mol. The number of ether oxygens (including phenoxy) is 1. The quantitative estimate of drug-likeness (QED) is 0.787. The summed E-state index contributed by atoms with van der Waals surface area (Å²) in [5.74, 6) is 0. The van der Waals surface area contributed by atoms with E-state index in [1.807, 2.05) is 0 Å². The van der Waals surface area contributed by atoms with E-state index in [4.69, 9.17) is 4.74 Å². The summed E-state index contributed by atoms with van der Waals surface area (Å²) < 4.78 is 7.05. The van der Waals surface area contributed by atoms with Gasteiger partial charge < -0.3 is 4.74 Å². The van der Waals surface area contributed by atoms with Gasteiger partial charge in [-0.1, -0.05) is 28.1 Å². The maximum atomic E-state index is 5.83. The molecule has 0 heterocycles. The molecule has 0 saturated heterocycles. The Labute approximate surface area is 93.6 Å². The van der Waals surface area contributed by atoms with Crippen molar-refractivity contribution in [3.63, 3.8) is 0 Å². The molecular formula is C12H15BrO. The second kappa shape index (κ2) is 4.03. The van der Waals surface area contributed by atoms with E-state index in [1.165, 1.54) is 15.6 Å². The van der Waals surface area contributed by atoms with Crippen LogP contribution in [0, 0.1) is 0 Å². The molecule has 14 heavy (non-hydrogen) atoms. The lowest BCUT2D eigenvalue weighted by Gasteiger charge is -2.14. The van der Waals surface area contributed by atoms with Crippen LogP contribution in [-0.2, 0) is 17.6 Å². The lowest BCUT2D eigenvalue weighted by Crippen LogP contribution is -2.17. The van der Waals surface area contributed by atoms with Gasteiger partial charge in [0.05, 0.1) is 12.2 Å².